The average Bonchev–Trinajstić information content (AvgIpc) is 2.93. The van der Waals surface area contributed by atoms with Gasteiger partial charge in [-0.2, -0.15) is 13.2 Å². The number of ether oxygens (including phenoxy) is 2. The molecule has 2 aromatic rings. The first-order chi connectivity index (χ1) is 12.5. The predicted octanol–water partition coefficient (Wildman–Crippen LogP) is 5.16. The third-order valence-electron chi connectivity index (χ3n) is 4.92. The summed E-state index contributed by atoms with van der Waals surface area (Å²) >= 11 is 0. The summed E-state index contributed by atoms with van der Waals surface area (Å²) < 4.78 is 51.4. The van der Waals surface area contributed by atoms with Gasteiger partial charge >= 0.3 is 6.18 Å². The lowest BCUT2D eigenvalue weighted by molar-refractivity contribution is -0.137. The van der Waals surface area contributed by atoms with Crippen LogP contribution in [0.2, 0.25) is 0 Å². The van der Waals surface area contributed by atoms with Gasteiger partial charge in [0, 0.05) is 18.2 Å². The molecule has 0 unspecified atom stereocenters. The Morgan fingerprint density at radius 1 is 0.846 bits per heavy atom. The van der Waals surface area contributed by atoms with E-state index in [1.807, 2.05) is 6.07 Å². The molecule has 0 spiro atoms. The molecular weight excluding hydrogens is 343 g/mol. The highest BCUT2D eigenvalue weighted by Crippen LogP contribution is 2.38. The number of halogens is 3. The molecule has 1 N–H and O–H groups in total. The van der Waals surface area contributed by atoms with Crippen LogP contribution in [0.25, 0.3) is 0 Å². The summed E-state index contributed by atoms with van der Waals surface area (Å²) in [4.78, 5) is 0. The van der Waals surface area contributed by atoms with Crippen molar-refractivity contribution in [1.82, 2.24) is 5.32 Å². The number of hydrogen-bond acceptors (Lipinski definition) is 3. The summed E-state index contributed by atoms with van der Waals surface area (Å²) in [7, 11) is 0. The number of para-hydroxylation sites is 1. The summed E-state index contributed by atoms with van der Waals surface area (Å²) in [6, 6.07) is 13.2. The molecular formula is C20H20F3NO2. The molecule has 138 valence electrons. The third-order valence-corrected chi connectivity index (χ3v) is 4.92. The molecule has 0 radical (unpaired) electrons. The molecule has 2 bridgehead atoms. The maximum Gasteiger partial charge on any atom is 0.416 e. The highest BCUT2D eigenvalue weighted by molar-refractivity contribution is 5.42. The van der Waals surface area contributed by atoms with Crippen LogP contribution in [0.5, 0.6) is 17.2 Å². The minimum atomic E-state index is -4.46. The molecule has 3 atom stereocenters. The Morgan fingerprint density at radius 3 is 2.15 bits per heavy atom. The fourth-order valence-corrected chi connectivity index (χ4v) is 3.78. The summed E-state index contributed by atoms with van der Waals surface area (Å²) in [5.74, 6) is 0.813. The lowest BCUT2D eigenvalue weighted by Crippen LogP contribution is -2.42. The van der Waals surface area contributed by atoms with E-state index >= 15 is 0 Å². The zero-order valence-electron chi connectivity index (χ0n) is 14.1. The van der Waals surface area contributed by atoms with Crippen molar-refractivity contribution in [2.45, 2.75) is 50.0 Å². The van der Waals surface area contributed by atoms with Gasteiger partial charge in [0.15, 0.2) is 0 Å². The molecule has 0 aromatic heterocycles. The predicted molar refractivity (Wildman–Crippen MR) is 91.6 cm³/mol. The lowest BCUT2D eigenvalue weighted by Gasteiger charge is -2.29. The number of nitrogens with one attached hydrogen (secondary N) is 1. The molecule has 0 amide bonds. The number of fused-ring (bicyclic) bond motifs is 2. The molecule has 6 heteroatoms. The lowest BCUT2D eigenvalue weighted by atomic mass is 10.0. The second-order valence-electron chi connectivity index (χ2n) is 6.96. The van der Waals surface area contributed by atoms with Crippen LogP contribution in [-0.4, -0.2) is 18.2 Å². The fraction of sp³-hybridized carbons (Fsp3) is 0.400. The number of benzene rings is 2. The second kappa shape index (κ2) is 6.83. The van der Waals surface area contributed by atoms with E-state index in [2.05, 4.69) is 5.32 Å². The highest BCUT2D eigenvalue weighted by atomic mass is 19.4. The van der Waals surface area contributed by atoms with Crippen molar-refractivity contribution in [2.75, 3.05) is 0 Å². The van der Waals surface area contributed by atoms with Gasteiger partial charge in [0.2, 0.25) is 0 Å². The van der Waals surface area contributed by atoms with Gasteiger partial charge in [0.25, 0.3) is 0 Å². The normalized spacial score (nSPS) is 25.1. The van der Waals surface area contributed by atoms with E-state index in [9.17, 15) is 13.2 Å². The van der Waals surface area contributed by atoms with Crippen LogP contribution in [0.3, 0.4) is 0 Å². The Balaban J connectivity index is 1.57. The van der Waals surface area contributed by atoms with E-state index in [1.165, 1.54) is 6.07 Å². The van der Waals surface area contributed by atoms with E-state index in [0.29, 0.717) is 17.8 Å². The molecule has 0 aliphatic carbocycles. The van der Waals surface area contributed by atoms with Gasteiger partial charge in [0.1, 0.15) is 23.4 Å². The largest absolute Gasteiger partial charge is 0.490 e. The molecule has 3 nitrogen and oxygen atoms in total. The van der Waals surface area contributed by atoms with E-state index in [1.54, 1.807) is 24.3 Å². The molecule has 2 aromatic carbocycles. The molecule has 2 heterocycles. The number of hydrogen-bond donors (Lipinski definition) is 1. The van der Waals surface area contributed by atoms with Gasteiger partial charge in [0.05, 0.1) is 5.56 Å². The smallest absolute Gasteiger partial charge is 0.416 e. The zero-order valence-corrected chi connectivity index (χ0v) is 14.1. The Kier molecular flexibility index (Phi) is 4.53. The Morgan fingerprint density at radius 2 is 1.50 bits per heavy atom. The van der Waals surface area contributed by atoms with Gasteiger partial charge < -0.3 is 14.8 Å². The summed E-state index contributed by atoms with van der Waals surface area (Å²) in [6.45, 7) is 0. The molecule has 26 heavy (non-hydrogen) atoms. The summed E-state index contributed by atoms with van der Waals surface area (Å²) in [5, 5.41) is 3.50. The summed E-state index contributed by atoms with van der Waals surface area (Å²) in [5.41, 5.74) is -0.766. The van der Waals surface area contributed by atoms with Gasteiger partial charge in [-0.05, 0) is 49.9 Å². The van der Waals surface area contributed by atoms with Gasteiger partial charge in [-0.15, -0.1) is 0 Å². The van der Waals surface area contributed by atoms with Crippen LogP contribution in [-0.2, 0) is 6.18 Å². The van der Waals surface area contributed by atoms with Crippen LogP contribution >= 0.6 is 0 Å². The molecule has 2 aliphatic heterocycles. The third kappa shape index (κ3) is 3.96. The molecule has 0 saturated carbocycles. The number of piperidine rings is 1. The van der Waals surface area contributed by atoms with Gasteiger partial charge in [-0.1, -0.05) is 18.2 Å². The maximum absolute atomic E-state index is 13.3. The van der Waals surface area contributed by atoms with Gasteiger partial charge in [-0.3, -0.25) is 0 Å². The first-order valence-electron chi connectivity index (χ1n) is 8.83. The Labute approximate surface area is 150 Å². The fourth-order valence-electron chi connectivity index (χ4n) is 3.78. The van der Waals surface area contributed by atoms with E-state index in [4.69, 9.17) is 9.47 Å². The molecule has 2 aliphatic rings. The molecule has 2 fully saturated rings. The van der Waals surface area contributed by atoms with Crippen LogP contribution in [0, 0.1) is 0 Å². The Bertz CT molecular complexity index is 751. The number of alkyl halides is 3. The molecule has 2 saturated heterocycles. The first-order valence-corrected chi connectivity index (χ1v) is 8.83. The second-order valence-corrected chi connectivity index (χ2v) is 6.96. The van der Waals surface area contributed by atoms with Crippen LogP contribution in [0.15, 0.2) is 48.5 Å². The van der Waals surface area contributed by atoms with Crippen LogP contribution < -0.4 is 14.8 Å². The van der Waals surface area contributed by atoms with Crippen LogP contribution in [0.4, 0.5) is 13.2 Å². The van der Waals surface area contributed by atoms with Crippen molar-refractivity contribution in [3.63, 3.8) is 0 Å². The average molecular weight is 363 g/mol. The van der Waals surface area contributed by atoms with E-state index in [-0.39, 0.29) is 17.6 Å². The van der Waals surface area contributed by atoms with Crippen molar-refractivity contribution in [2.24, 2.45) is 0 Å². The highest BCUT2D eigenvalue weighted by Gasteiger charge is 2.35. The summed E-state index contributed by atoms with van der Waals surface area (Å²) in [6.07, 6.45) is -0.669. The van der Waals surface area contributed by atoms with Crippen molar-refractivity contribution in [1.29, 1.82) is 0 Å². The number of rotatable bonds is 4. The Hall–Kier alpha value is -2.21. The monoisotopic (exact) mass is 363 g/mol. The first kappa shape index (κ1) is 17.2. The SMILES string of the molecule is FC(F)(F)c1cc(Oc2ccccc2)cc(O[C@@H]2C[C@H]3CC[C@@H](C2)N3)c1. The topological polar surface area (TPSA) is 30.5 Å². The quantitative estimate of drug-likeness (QED) is 0.814. The van der Waals surface area contributed by atoms with Crippen molar-refractivity contribution >= 4 is 0 Å². The van der Waals surface area contributed by atoms with E-state index < -0.39 is 11.7 Å². The van der Waals surface area contributed by atoms with E-state index in [0.717, 1.165) is 37.8 Å². The van der Waals surface area contributed by atoms with Crippen molar-refractivity contribution in [3.8, 4) is 17.2 Å². The minimum Gasteiger partial charge on any atom is -0.490 e. The zero-order chi connectivity index (χ0) is 18.1. The standard InChI is InChI=1S/C20H20F3NO2/c21-20(22,23)13-8-17(25-16-4-2-1-3-5-16)12-18(9-13)26-19-10-14-6-7-15(11-19)24-14/h1-5,8-9,12,14-15,19,24H,6-7,10-11H2/t14-,15+,19-. The van der Waals surface area contributed by atoms with Crippen molar-refractivity contribution < 1.29 is 22.6 Å². The van der Waals surface area contributed by atoms with Gasteiger partial charge in [-0.25, -0.2) is 0 Å². The van der Waals surface area contributed by atoms with Crippen LogP contribution in [0.1, 0.15) is 31.2 Å². The minimum absolute atomic E-state index is 0.0678. The molecule has 4 rings (SSSR count). The maximum atomic E-state index is 13.3. The van der Waals surface area contributed by atoms with Crippen molar-refractivity contribution in [3.05, 3.63) is 54.1 Å².